The van der Waals surface area contributed by atoms with Gasteiger partial charge in [0, 0.05) is 10.6 Å². The summed E-state index contributed by atoms with van der Waals surface area (Å²) < 4.78 is 8.35. The molecule has 0 amide bonds. The largest absolute Gasteiger partial charge is 0.399 e. The summed E-state index contributed by atoms with van der Waals surface area (Å²) >= 11 is 1.63. The first-order valence-corrected chi connectivity index (χ1v) is 5.02. The van der Waals surface area contributed by atoms with Crippen molar-refractivity contribution in [2.24, 2.45) is 0 Å². The fourth-order valence-electron chi connectivity index (χ4n) is 0.991. The van der Waals surface area contributed by atoms with Crippen molar-refractivity contribution in [2.75, 3.05) is 18.9 Å². The predicted octanol–water partition coefficient (Wildman–Crippen LogP) is 1.26. The number of ether oxygens (including phenoxy) is 1. The fourth-order valence-corrected chi connectivity index (χ4v) is 1.70. The molecular formula is C9H12N2OS. The van der Waals surface area contributed by atoms with E-state index in [0.29, 0.717) is 6.04 Å². The van der Waals surface area contributed by atoms with E-state index in [1.165, 1.54) is 4.90 Å². The number of anilines is 1. The van der Waals surface area contributed by atoms with Gasteiger partial charge in [0.15, 0.2) is 0 Å². The first kappa shape index (κ1) is 8.87. The first-order valence-electron chi connectivity index (χ1n) is 4.20. The van der Waals surface area contributed by atoms with E-state index in [1.54, 1.807) is 11.9 Å². The van der Waals surface area contributed by atoms with Gasteiger partial charge in [-0.3, -0.25) is 4.72 Å². The van der Waals surface area contributed by atoms with Gasteiger partial charge >= 0.3 is 0 Å². The van der Waals surface area contributed by atoms with E-state index >= 15 is 0 Å². The fraction of sp³-hybridized carbons (Fsp3) is 0.333. The maximum Gasteiger partial charge on any atom is 0.0651 e. The molecule has 0 unspecified atom stereocenters. The highest BCUT2D eigenvalue weighted by Crippen LogP contribution is 2.18. The Morgan fingerprint density at radius 2 is 2.00 bits per heavy atom. The van der Waals surface area contributed by atoms with Crippen LogP contribution in [0.25, 0.3) is 0 Å². The minimum absolute atomic E-state index is 0.502. The molecule has 2 rings (SSSR count). The van der Waals surface area contributed by atoms with Crippen molar-refractivity contribution in [1.82, 2.24) is 4.72 Å². The van der Waals surface area contributed by atoms with Crippen LogP contribution < -0.4 is 10.5 Å². The summed E-state index contributed by atoms with van der Waals surface area (Å²) in [7, 11) is 0. The number of nitrogens with one attached hydrogen (secondary N) is 1. The van der Waals surface area contributed by atoms with Crippen LogP contribution in [-0.4, -0.2) is 19.3 Å². The lowest BCUT2D eigenvalue weighted by molar-refractivity contribution is 0.00600. The Kier molecular flexibility index (Phi) is 2.73. The van der Waals surface area contributed by atoms with E-state index in [4.69, 9.17) is 10.5 Å². The average Bonchev–Trinajstić information content (AvgIpc) is 2.05. The molecule has 0 spiro atoms. The molecule has 0 aromatic heterocycles. The van der Waals surface area contributed by atoms with E-state index in [1.807, 2.05) is 24.3 Å². The SMILES string of the molecule is Nc1ccc(SNC2COC2)cc1. The van der Waals surface area contributed by atoms with Gasteiger partial charge in [-0.1, -0.05) is 0 Å². The number of hydrogen-bond acceptors (Lipinski definition) is 4. The van der Waals surface area contributed by atoms with E-state index in [0.717, 1.165) is 18.9 Å². The van der Waals surface area contributed by atoms with Gasteiger partial charge in [-0.15, -0.1) is 0 Å². The summed E-state index contributed by atoms with van der Waals surface area (Å²) in [5.41, 5.74) is 6.37. The lowest BCUT2D eigenvalue weighted by atomic mass is 10.3. The molecule has 0 bridgehead atoms. The van der Waals surface area contributed by atoms with Crippen LogP contribution in [0.15, 0.2) is 29.2 Å². The molecule has 1 aliphatic rings. The topological polar surface area (TPSA) is 47.3 Å². The molecule has 4 heteroatoms. The second kappa shape index (κ2) is 4.00. The van der Waals surface area contributed by atoms with Gasteiger partial charge in [0.1, 0.15) is 0 Å². The zero-order valence-corrected chi connectivity index (χ0v) is 8.01. The van der Waals surface area contributed by atoms with Crippen molar-refractivity contribution in [3.05, 3.63) is 24.3 Å². The molecule has 70 valence electrons. The third-order valence-corrected chi connectivity index (χ3v) is 2.82. The average molecular weight is 196 g/mol. The van der Waals surface area contributed by atoms with Gasteiger partial charge in [-0.2, -0.15) is 0 Å². The van der Waals surface area contributed by atoms with Crippen molar-refractivity contribution < 1.29 is 4.74 Å². The van der Waals surface area contributed by atoms with Crippen LogP contribution in [-0.2, 0) is 4.74 Å². The zero-order valence-electron chi connectivity index (χ0n) is 7.19. The molecule has 13 heavy (non-hydrogen) atoms. The van der Waals surface area contributed by atoms with E-state index < -0.39 is 0 Å². The van der Waals surface area contributed by atoms with Gasteiger partial charge in [0.05, 0.1) is 19.3 Å². The van der Waals surface area contributed by atoms with Crippen LogP contribution in [0.4, 0.5) is 5.69 Å². The van der Waals surface area contributed by atoms with Crippen LogP contribution >= 0.6 is 11.9 Å². The van der Waals surface area contributed by atoms with Gasteiger partial charge in [-0.05, 0) is 36.2 Å². The van der Waals surface area contributed by atoms with Gasteiger partial charge in [-0.25, -0.2) is 0 Å². The van der Waals surface area contributed by atoms with Crippen molar-refractivity contribution in [1.29, 1.82) is 0 Å². The van der Waals surface area contributed by atoms with Crippen LogP contribution in [0.1, 0.15) is 0 Å². The monoisotopic (exact) mass is 196 g/mol. The van der Waals surface area contributed by atoms with Crippen molar-refractivity contribution in [2.45, 2.75) is 10.9 Å². The van der Waals surface area contributed by atoms with Gasteiger partial charge in [0.2, 0.25) is 0 Å². The Morgan fingerprint density at radius 3 is 2.54 bits per heavy atom. The van der Waals surface area contributed by atoms with Crippen LogP contribution in [0.2, 0.25) is 0 Å². The van der Waals surface area contributed by atoms with E-state index in [9.17, 15) is 0 Å². The van der Waals surface area contributed by atoms with Crippen LogP contribution in [0.3, 0.4) is 0 Å². The summed E-state index contributed by atoms with van der Waals surface area (Å²) in [6.45, 7) is 1.64. The van der Waals surface area contributed by atoms with Gasteiger partial charge in [0.25, 0.3) is 0 Å². The second-order valence-corrected chi connectivity index (χ2v) is 3.93. The second-order valence-electron chi connectivity index (χ2n) is 3.02. The number of nitrogen functional groups attached to an aromatic ring is 1. The summed E-state index contributed by atoms with van der Waals surface area (Å²) in [4.78, 5) is 1.18. The smallest absolute Gasteiger partial charge is 0.0651 e. The number of hydrogen-bond donors (Lipinski definition) is 2. The predicted molar refractivity (Wildman–Crippen MR) is 54.5 cm³/mol. The molecule has 0 atom stereocenters. The first-order chi connectivity index (χ1) is 6.34. The maximum atomic E-state index is 5.57. The zero-order chi connectivity index (χ0) is 9.10. The highest BCUT2D eigenvalue weighted by molar-refractivity contribution is 7.97. The molecule has 1 aliphatic heterocycles. The lowest BCUT2D eigenvalue weighted by Crippen LogP contribution is -2.42. The number of nitrogens with two attached hydrogens (primary N) is 1. The Morgan fingerprint density at radius 1 is 1.31 bits per heavy atom. The molecule has 3 nitrogen and oxygen atoms in total. The minimum Gasteiger partial charge on any atom is -0.399 e. The highest BCUT2D eigenvalue weighted by Gasteiger charge is 2.17. The molecule has 1 fully saturated rings. The van der Waals surface area contributed by atoms with Crippen molar-refractivity contribution >= 4 is 17.6 Å². The Balaban J connectivity index is 1.83. The highest BCUT2D eigenvalue weighted by atomic mass is 32.2. The molecule has 1 aromatic carbocycles. The molecular weight excluding hydrogens is 184 g/mol. The molecule has 0 radical (unpaired) electrons. The molecule has 0 saturated carbocycles. The summed E-state index contributed by atoms with van der Waals surface area (Å²) in [5.74, 6) is 0. The van der Waals surface area contributed by atoms with Crippen molar-refractivity contribution in [3.8, 4) is 0 Å². The van der Waals surface area contributed by atoms with Crippen LogP contribution in [0, 0.1) is 0 Å². The van der Waals surface area contributed by atoms with Crippen LogP contribution in [0.5, 0.6) is 0 Å². The van der Waals surface area contributed by atoms with E-state index in [-0.39, 0.29) is 0 Å². The summed E-state index contributed by atoms with van der Waals surface area (Å²) in [6.07, 6.45) is 0. The normalized spacial score (nSPS) is 16.9. The number of benzene rings is 1. The standard InChI is InChI=1S/C9H12N2OS/c10-7-1-3-9(4-2-7)13-11-8-5-12-6-8/h1-4,8,11H,5-6,10H2. The summed E-state index contributed by atoms with van der Waals surface area (Å²) in [5, 5.41) is 0. The summed E-state index contributed by atoms with van der Waals surface area (Å²) in [6, 6.07) is 8.32. The van der Waals surface area contributed by atoms with Crippen molar-refractivity contribution in [3.63, 3.8) is 0 Å². The third-order valence-electron chi connectivity index (χ3n) is 1.86. The quantitative estimate of drug-likeness (QED) is 0.564. The Hall–Kier alpha value is -0.710. The molecule has 1 heterocycles. The third kappa shape index (κ3) is 2.37. The van der Waals surface area contributed by atoms with E-state index in [2.05, 4.69) is 4.72 Å². The number of rotatable bonds is 3. The van der Waals surface area contributed by atoms with Gasteiger partial charge < -0.3 is 10.5 Å². The Labute approximate surface area is 81.8 Å². The lowest BCUT2D eigenvalue weighted by Gasteiger charge is -2.26. The maximum absolute atomic E-state index is 5.57. The Bertz CT molecular complexity index is 271. The molecule has 1 saturated heterocycles. The minimum atomic E-state index is 0.502. The molecule has 1 aromatic rings. The molecule has 0 aliphatic carbocycles. The molecule has 3 N–H and O–H groups in total.